The Morgan fingerprint density at radius 3 is 2.73 bits per heavy atom. The van der Waals surface area contributed by atoms with Crippen LogP contribution >= 0.6 is 11.8 Å². The highest BCUT2D eigenvalue weighted by molar-refractivity contribution is 7.99. The number of hydrogen-bond acceptors (Lipinski definition) is 2. The van der Waals surface area contributed by atoms with Gasteiger partial charge in [-0.15, -0.1) is 0 Å². The first-order valence-electron chi connectivity index (χ1n) is 6.56. The predicted molar refractivity (Wildman–Crippen MR) is 71.6 cm³/mol. The monoisotopic (exact) mass is 229 g/mol. The summed E-state index contributed by atoms with van der Waals surface area (Å²) in [6.45, 7) is 4.61. The minimum Gasteiger partial charge on any atom is -0.316 e. The zero-order valence-corrected chi connectivity index (χ0v) is 11.4. The molecule has 0 heterocycles. The van der Waals surface area contributed by atoms with E-state index in [0.29, 0.717) is 0 Å². The van der Waals surface area contributed by atoms with Crippen LogP contribution in [0.4, 0.5) is 0 Å². The zero-order valence-electron chi connectivity index (χ0n) is 10.6. The van der Waals surface area contributed by atoms with Crippen molar-refractivity contribution in [2.24, 2.45) is 11.8 Å². The fraction of sp³-hybridized carbons (Fsp3) is 1.00. The molecule has 0 aromatic carbocycles. The Hall–Kier alpha value is 0.310. The molecule has 0 spiro atoms. The molecule has 0 aromatic heterocycles. The molecule has 1 N–H and O–H groups in total. The van der Waals surface area contributed by atoms with Crippen molar-refractivity contribution in [2.45, 2.75) is 52.0 Å². The van der Waals surface area contributed by atoms with E-state index in [4.69, 9.17) is 0 Å². The van der Waals surface area contributed by atoms with Gasteiger partial charge in [-0.1, -0.05) is 33.1 Å². The molecule has 0 aromatic rings. The average Bonchev–Trinajstić information content (AvgIpc) is 2.30. The molecule has 1 rings (SSSR count). The summed E-state index contributed by atoms with van der Waals surface area (Å²) < 4.78 is 0. The molecule has 3 atom stereocenters. The van der Waals surface area contributed by atoms with Crippen LogP contribution in [0.15, 0.2) is 0 Å². The summed E-state index contributed by atoms with van der Waals surface area (Å²) in [7, 11) is 2.14. The second kappa shape index (κ2) is 7.56. The lowest BCUT2D eigenvalue weighted by molar-refractivity contribution is 0.223. The van der Waals surface area contributed by atoms with Gasteiger partial charge in [0.1, 0.15) is 0 Å². The summed E-state index contributed by atoms with van der Waals surface area (Å²) in [6.07, 6.45) is 7.23. The first kappa shape index (κ1) is 13.4. The van der Waals surface area contributed by atoms with E-state index in [1.807, 2.05) is 0 Å². The van der Waals surface area contributed by atoms with Crippen molar-refractivity contribution in [3.63, 3.8) is 0 Å². The highest BCUT2D eigenvalue weighted by Crippen LogP contribution is 2.33. The molecule has 2 heteroatoms. The molecule has 0 bridgehead atoms. The van der Waals surface area contributed by atoms with Crippen molar-refractivity contribution >= 4 is 11.8 Å². The number of nitrogens with one attached hydrogen (secondary N) is 1. The summed E-state index contributed by atoms with van der Waals surface area (Å²) in [4.78, 5) is 0. The first-order valence-corrected chi connectivity index (χ1v) is 7.72. The quantitative estimate of drug-likeness (QED) is 0.747. The molecular weight excluding hydrogens is 202 g/mol. The largest absolute Gasteiger partial charge is 0.316 e. The van der Waals surface area contributed by atoms with E-state index in [9.17, 15) is 0 Å². The standard InChI is InChI=1S/C13H27NS/c1-4-11-7-6-8-12(9-11)13(14-3)10-15-5-2/h11-14H,4-10H2,1-3H3. The Labute approximate surface area is 99.8 Å². The number of hydrogen-bond donors (Lipinski definition) is 1. The van der Waals surface area contributed by atoms with E-state index in [-0.39, 0.29) is 0 Å². The lowest BCUT2D eigenvalue weighted by Crippen LogP contribution is -2.38. The van der Waals surface area contributed by atoms with E-state index >= 15 is 0 Å². The van der Waals surface area contributed by atoms with Gasteiger partial charge in [-0.25, -0.2) is 0 Å². The van der Waals surface area contributed by atoms with E-state index in [1.54, 1.807) is 0 Å². The van der Waals surface area contributed by atoms with E-state index < -0.39 is 0 Å². The smallest absolute Gasteiger partial charge is 0.0183 e. The van der Waals surface area contributed by atoms with E-state index in [2.05, 4.69) is 38.0 Å². The van der Waals surface area contributed by atoms with Gasteiger partial charge >= 0.3 is 0 Å². The van der Waals surface area contributed by atoms with Crippen LogP contribution in [-0.2, 0) is 0 Å². The minimum absolute atomic E-state index is 0.754. The van der Waals surface area contributed by atoms with E-state index in [1.165, 1.54) is 43.6 Å². The summed E-state index contributed by atoms with van der Waals surface area (Å²) in [5, 5.41) is 3.53. The van der Waals surface area contributed by atoms with Crippen molar-refractivity contribution in [2.75, 3.05) is 18.6 Å². The Kier molecular flexibility index (Phi) is 6.74. The second-order valence-electron chi connectivity index (χ2n) is 4.76. The van der Waals surface area contributed by atoms with Crippen LogP contribution in [0.1, 0.15) is 46.0 Å². The van der Waals surface area contributed by atoms with Crippen LogP contribution in [0, 0.1) is 11.8 Å². The molecule has 1 nitrogen and oxygen atoms in total. The SMILES string of the molecule is CCSCC(NC)C1CCCC(CC)C1. The van der Waals surface area contributed by atoms with Crippen molar-refractivity contribution < 1.29 is 0 Å². The topological polar surface area (TPSA) is 12.0 Å². The molecule has 1 aliphatic carbocycles. The van der Waals surface area contributed by atoms with Crippen LogP contribution in [0.3, 0.4) is 0 Å². The molecule has 1 aliphatic rings. The van der Waals surface area contributed by atoms with E-state index in [0.717, 1.165) is 17.9 Å². The van der Waals surface area contributed by atoms with Crippen molar-refractivity contribution in [1.29, 1.82) is 0 Å². The van der Waals surface area contributed by atoms with Crippen LogP contribution in [0.2, 0.25) is 0 Å². The maximum absolute atomic E-state index is 3.53. The first-order chi connectivity index (χ1) is 7.31. The van der Waals surface area contributed by atoms with Gasteiger partial charge in [-0.2, -0.15) is 11.8 Å². The van der Waals surface area contributed by atoms with Crippen LogP contribution in [0.5, 0.6) is 0 Å². The predicted octanol–water partition coefficient (Wildman–Crippen LogP) is 3.54. The molecule has 90 valence electrons. The Morgan fingerprint density at radius 1 is 1.33 bits per heavy atom. The summed E-state index contributed by atoms with van der Waals surface area (Å²) >= 11 is 2.08. The van der Waals surface area contributed by atoms with Crippen LogP contribution < -0.4 is 5.32 Å². The highest BCUT2D eigenvalue weighted by atomic mass is 32.2. The van der Waals surface area contributed by atoms with Gasteiger partial charge in [0.05, 0.1) is 0 Å². The molecule has 15 heavy (non-hydrogen) atoms. The maximum atomic E-state index is 3.53. The number of rotatable bonds is 6. The lowest BCUT2D eigenvalue weighted by Gasteiger charge is -2.34. The third-order valence-electron chi connectivity index (χ3n) is 3.84. The van der Waals surface area contributed by atoms with Gasteiger partial charge in [0.15, 0.2) is 0 Å². The summed E-state index contributed by atoms with van der Waals surface area (Å²) in [6, 6.07) is 0.754. The summed E-state index contributed by atoms with van der Waals surface area (Å²) in [5.41, 5.74) is 0. The lowest BCUT2D eigenvalue weighted by atomic mass is 9.77. The van der Waals surface area contributed by atoms with Crippen LogP contribution in [0.25, 0.3) is 0 Å². The normalized spacial score (nSPS) is 29.0. The third-order valence-corrected chi connectivity index (χ3v) is 4.85. The molecule has 1 fully saturated rings. The van der Waals surface area contributed by atoms with Gasteiger partial charge in [0, 0.05) is 11.8 Å². The van der Waals surface area contributed by atoms with Gasteiger partial charge in [-0.05, 0) is 37.5 Å². The maximum Gasteiger partial charge on any atom is 0.0183 e. The molecule has 0 radical (unpaired) electrons. The average molecular weight is 229 g/mol. The van der Waals surface area contributed by atoms with Crippen molar-refractivity contribution in [3.8, 4) is 0 Å². The summed E-state index contributed by atoms with van der Waals surface area (Å²) in [5.74, 6) is 4.50. The van der Waals surface area contributed by atoms with Gasteiger partial charge < -0.3 is 5.32 Å². The van der Waals surface area contributed by atoms with Gasteiger partial charge in [0.25, 0.3) is 0 Å². The fourth-order valence-electron chi connectivity index (χ4n) is 2.77. The van der Waals surface area contributed by atoms with Crippen LogP contribution in [-0.4, -0.2) is 24.6 Å². The Morgan fingerprint density at radius 2 is 2.13 bits per heavy atom. The Balaban J connectivity index is 2.37. The minimum atomic E-state index is 0.754. The third kappa shape index (κ3) is 4.36. The zero-order chi connectivity index (χ0) is 11.1. The van der Waals surface area contributed by atoms with Crippen molar-refractivity contribution in [3.05, 3.63) is 0 Å². The van der Waals surface area contributed by atoms with Gasteiger partial charge in [0.2, 0.25) is 0 Å². The fourth-order valence-corrected chi connectivity index (χ4v) is 3.70. The van der Waals surface area contributed by atoms with Crippen molar-refractivity contribution in [1.82, 2.24) is 5.32 Å². The second-order valence-corrected chi connectivity index (χ2v) is 6.07. The Bertz CT molecular complexity index is 161. The highest BCUT2D eigenvalue weighted by Gasteiger charge is 2.26. The molecular formula is C13H27NS. The van der Waals surface area contributed by atoms with Gasteiger partial charge in [-0.3, -0.25) is 0 Å². The molecule has 3 unspecified atom stereocenters. The molecule has 0 amide bonds. The molecule has 0 aliphatic heterocycles. The molecule has 1 saturated carbocycles. The molecule has 0 saturated heterocycles. The number of thioether (sulfide) groups is 1.